The molecule has 3 atom stereocenters. The number of methoxy groups -OCH3 is 1. The molecule has 9 heteroatoms. The first-order valence-electron chi connectivity index (χ1n) is 16.6. The van der Waals surface area contributed by atoms with Crippen LogP contribution in [0.4, 0.5) is 10.1 Å². The fraction of sp³-hybridized carbons (Fsp3) is 0.275. The Bertz CT molecular complexity index is 1860. The minimum absolute atomic E-state index is 0.0552. The molecular weight excluding hydrogens is 621 g/mol. The Labute approximate surface area is 285 Å². The fourth-order valence-electron chi connectivity index (χ4n) is 6.55. The average Bonchev–Trinajstić information content (AvgIpc) is 3.48. The van der Waals surface area contributed by atoms with Gasteiger partial charge in [0.1, 0.15) is 11.9 Å². The second-order valence-corrected chi connectivity index (χ2v) is 12.4. The van der Waals surface area contributed by atoms with Crippen molar-refractivity contribution in [3.05, 3.63) is 132 Å². The second kappa shape index (κ2) is 15.4. The number of para-hydroxylation sites is 1. The molecule has 1 unspecified atom stereocenters. The minimum Gasteiger partial charge on any atom is -0.458 e. The summed E-state index contributed by atoms with van der Waals surface area (Å²) in [6.07, 6.45) is 3.23. The number of pyridine rings is 1. The maximum absolute atomic E-state index is 14.4. The normalized spacial score (nSPS) is 17.5. The summed E-state index contributed by atoms with van der Waals surface area (Å²) in [6, 6.07) is 28.9. The maximum atomic E-state index is 14.4. The Morgan fingerprint density at radius 2 is 1.65 bits per heavy atom. The Balaban J connectivity index is 1.40. The second-order valence-electron chi connectivity index (χ2n) is 12.4. The van der Waals surface area contributed by atoms with Crippen molar-refractivity contribution in [3.8, 4) is 22.4 Å². The summed E-state index contributed by atoms with van der Waals surface area (Å²) in [5.74, 6) is -1.07. The van der Waals surface area contributed by atoms with Crippen LogP contribution in [0.3, 0.4) is 0 Å². The number of benzene rings is 3. The molecule has 1 fully saturated rings. The first-order valence-corrected chi connectivity index (χ1v) is 16.6. The van der Waals surface area contributed by atoms with Crippen LogP contribution < -0.4 is 5.32 Å². The summed E-state index contributed by atoms with van der Waals surface area (Å²) < 4.78 is 34.3. The van der Waals surface area contributed by atoms with E-state index >= 15 is 0 Å². The molecule has 0 spiro atoms. The Hall–Kier alpha value is -5.12. The number of nitrogens with one attached hydrogen (secondary N) is 1. The van der Waals surface area contributed by atoms with Gasteiger partial charge in [0.05, 0.1) is 22.9 Å². The van der Waals surface area contributed by atoms with Crippen molar-refractivity contribution in [1.82, 2.24) is 9.55 Å². The van der Waals surface area contributed by atoms with Crippen molar-refractivity contribution in [2.45, 2.75) is 64.1 Å². The van der Waals surface area contributed by atoms with Crippen LogP contribution in [0.5, 0.6) is 0 Å². The molecular formula is C40H40FN3O5. The van der Waals surface area contributed by atoms with Crippen LogP contribution >= 0.6 is 0 Å². The molecule has 8 nitrogen and oxygen atoms in total. The van der Waals surface area contributed by atoms with Crippen molar-refractivity contribution in [2.24, 2.45) is 0 Å². The van der Waals surface area contributed by atoms with Gasteiger partial charge in [0.25, 0.3) is 5.91 Å². The SMILES string of the molecule is COC1C[C@H](OC(=O)c2cccnc2)C[C@@H](CCn2c(-c3ccc(F)cc3)c(-c3ccccc3)c(C(=O)Nc3ccccc3)c2C(C)C)O1. The van der Waals surface area contributed by atoms with Crippen molar-refractivity contribution in [2.75, 3.05) is 12.4 Å². The fourth-order valence-corrected chi connectivity index (χ4v) is 6.55. The third-order valence-corrected chi connectivity index (χ3v) is 8.72. The number of halogens is 1. The molecule has 0 radical (unpaired) electrons. The summed E-state index contributed by atoms with van der Waals surface area (Å²) in [5.41, 5.74) is 5.72. The van der Waals surface area contributed by atoms with Crippen molar-refractivity contribution >= 4 is 17.6 Å². The highest BCUT2D eigenvalue weighted by Gasteiger charge is 2.34. The molecule has 0 saturated carbocycles. The third kappa shape index (κ3) is 7.80. The molecule has 252 valence electrons. The zero-order valence-electron chi connectivity index (χ0n) is 27.8. The molecule has 1 saturated heterocycles. The van der Waals surface area contributed by atoms with E-state index in [-0.39, 0.29) is 23.7 Å². The van der Waals surface area contributed by atoms with Gasteiger partial charge in [-0.2, -0.15) is 0 Å². The molecule has 0 bridgehead atoms. The maximum Gasteiger partial charge on any atom is 0.339 e. The molecule has 49 heavy (non-hydrogen) atoms. The van der Waals surface area contributed by atoms with Crippen LogP contribution in [-0.2, 0) is 20.8 Å². The monoisotopic (exact) mass is 661 g/mol. The highest BCUT2D eigenvalue weighted by atomic mass is 19.1. The van der Waals surface area contributed by atoms with Gasteiger partial charge in [0, 0.05) is 55.8 Å². The van der Waals surface area contributed by atoms with E-state index in [1.54, 1.807) is 37.6 Å². The van der Waals surface area contributed by atoms with Gasteiger partial charge in [0.2, 0.25) is 0 Å². The molecule has 3 aromatic carbocycles. The van der Waals surface area contributed by atoms with Crippen LogP contribution in [-0.4, -0.2) is 47.0 Å². The van der Waals surface area contributed by atoms with E-state index in [0.29, 0.717) is 42.6 Å². The van der Waals surface area contributed by atoms with E-state index in [1.807, 2.05) is 60.7 Å². The van der Waals surface area contributed by atoms with Gasteiger partial charge in [-0.1, -0.05) is 62.4 Å². The van der Waals surface area contributed by atoms with E-state index < -0.39 is 18.4 Å². The molecule has 1 amide bonds. The van der Waals surface area contributed by atoms with E-state index in [9.17, 15) is 14.0 Å². The first-order chi connectivity index (χ1) is 23.8. The predicted molar refractivity (Wildman–Crippen MR) is 187 cm³/mol. The number of ether oxygens (including phenoxy) is 3. The lowest BCUT2D eigenvalue weighted by molar-refractivity contribution is -0.205. The number of hydrogen-bond donors (Lipinski definition) is 1. The number of amides is 1. The summed E-state index contributed by atoms with van der Waals surface area (Å²) >= 11 is 0. The number of anilines is 1. The Morgan fingerprint density at radius 3 is 2.31 bits per heavy atom. The van der Waals surface area contributed by atoms with Crippen LogP contribution in [0.2, 0.25) is 0 Å². The standard InChI is InChI=1S/C40H40FN3O5/c1-26(2)37-36(39(45)43-31-14-8-5-9-15-31)35(27-11-6-4-7-12-27)38(28-16-18-30(41)19-17-28)44(37)22-20-32-23-33(24-34(47-3)48-32)49-40(46)29-13-10-21-42-25-29/h4-19,21,25-26,32-34H,20,22-24H2,1-3H3,(H,43,45)/t32-,33-,34?/m1/s1. The Kier molecular flexibility index (Phi) is 10.6. The summed E-state index contributed by atoms with van der Waals surface area (Å²) in [5, 5.41) is 3.11. The van der Waals surface area contributed by atoms with Gasteiger partial charge in [0.15, 0.2) is 6.29 Å². The number of carbonyl (C=O) groups is 2. The van der Waals surface area contributed by atoms with Crippen LogP contribution in [0.1, 0.15) is 65.4 Å². The van der Waals surface area contributed by atoms with Crippen molar-refractivity contribution in [3.63, 3.8) is 0 Å². The predicted octanol–water partition coefficient (Wildman–Crippen LogP) is 8.50. The van der Waals surface area contributed by atoms with Crippen LogP contribution in [0.15, 0.2) is 109 Å². The van der Waals surface area contributed by atoms with E-state index in [1.165, 1.54) is 18.3 Å². The van der Waals surface area contributed by atoms with Gasteiger partial charge in [-0.3, -0.25) is 9.78 Å². The molecule has 6 rings (SSSR count). The largest absolute Gasteiger partial charge is 0.458 e. The van der Waals surface area contributed by atoms with Crippen molar-refractivity contribution < 1.29 is 28.2 Å². The molecule has 1 N–H and O–H groups in total. The van der Waals surface area contributed by atoms with E-state index in [2.05, 4.69) is 28.7 Å². The first kappa shape index (κ1) is 33.8. The topological polar surface area (TPSA) is 91.7 Å². The molecule has 2 aromatic heterocycles. The molecule has 5 aromatic rings. The van der Waals surface area contributed by atoms with Crippen LogP contribution in [0, 0.1) is 5.82 Å². The lowest BCUT2D eigenvalue weighted by Crippen LogP contribution is -2.39. The quantitative estimate of drug-likeness (QED) is 0.143. The van der Waals surface area contributed by atoms with Gasteiger partial charge >= 0.3 is 5.97 Å². The smallest absolute Gasteiger partial charge is 0.339 e. The summed E-state index contributed by atoms with van der Waals surface area (Å²) in [6.45, 7) is 4.61. The van der Waals surface area contributed by atoms with Gasteiger partial charge in [-0.15, -0.1) is 0 Å². The number of rotatable bonds is 11. The number of nitrogens with zero attached hydrogens (tertiary/aromatic N) is 2. The number of hydrogen-bond acceptors (Lipinski definition) is 6. The highest BCUT2D eigenvalue weighted by molar-refractivity contribution is 6.12. The number of esters is 1. The average molecular weight is 662 g/mol. The lowest BCUT2D eigenvalue weighted by atomic mass is 9.94. The number of aromatic nitrogens is 2. The van der Waals surface area contributed by atoms with Gasteiger partial charge < -0.3 is 24.1 Å². The van der Waals surface area contributed by atoms with E-state index in [4.69, 9.17) is 14.2 Å². The highest BCUT2D eigenvalue weighted by Crippen LogP contribution is 2.43. The molecule has 1 aliphatic heterocycles. The zero-order chi connectivity index (χ0) is 34.3. The van der Waals surface area contributed by atoms with Gasteiger partial charge in [-0.25, -0.2) is 9.18 Å². The van der Waals surface area contributed by atoms with E-state index in [0.717, 1.165) is 28.1 Å². The van der Waals surface area contributed by atoms with Crippen LogP contribution in [0.25, 0.3) is 22.4 Å². The van der Waals surface area contributed by atoms with Gasteiger partial charge in [-0.05, 0) is 72.0 Å². The van der Waals surface area contributed by atoms with Crippen molar-refractivity contribution in [1.29, 1.82) is 0 Å². The molecule has 3 heterocycles. The minimum atomic E-state index is -0.552. The summed E-state index contributed by atoms with van der Waals surface area (Å²) in [7, 11) is 1.58. The lowest BCUT2D eigenvalue weighted by Gasteiger charge is -2.34. The number of carbonyl (C=O) groups excluding carboxylic acids is 2. The third-order valence-electron chi connectivity index (χ3n) is 8.72. The molecule has 1 aliphatic rings. The zero-order valence-corrected chi connectivity index (χ0v) is 27.8. The Morgan fingerprint density at radius 1 is 0.939 bits per heavy atom. The summed E-state index contributed by atoms with van der Waals surface area (Å²) in [4.78, 5) is 31.3. The molecule has 0 aliphatic carbocycles.